The van der Waals surface area contributed by atoms with Gasteiger partial charge in [-0.3, -0.25) is 0 Å². The molecular weight excluding hydrogens is 396 g/mol. The van der Waals surface area contributed by atoms with Crippen molar-refractivity contribution in [2.75, 3.05) is 18.0 Å². The zero-order valence-electron chi connectivity index (χ0n) is 18.3. The van der Waals surface area contributed by atoms with Crippen LogP contribution in [-0.2, 0) is 12.8 Å². The summed E-state index contributed by atoms with van der Waals surface area (Å²) >= 11 is 0. The fraction of sp³-hybridized carbons (Fsp3) is 0.308. The number of aromatic nitrogens is 4. The topological polar surface area (TPSA) is 70.1 Å². The SMILES string of the molecule is CCCc1c(Cc2ccc(-c3ccccc3C#N)cc2)c(N2CCCC2)nc2ncnn12. The zero-order valence-corrected chi connectivity index (χ0v) is 18.3. The van der Waals surface area contributed by atoms with Crippen LogP contribution in [0.5, 0.6) is 0 Å². The highest BCUT2D eigenvalue weighted by atomic mass is 15.3. The summed E-state index contributed by atoms with van der Waals surface area (Å²) < 4.78 is 1.91. The van der Waals surface area contributed by atoms with Crippen LogP contribution in [0.2, 0.25) is 0 Å². The lowest BCUT2D eigenvalue weighted by Gasteiger charge is -2.23. The Labute approximate surface area is 188 Å². The van der Waals surface area contributed by atoms with Crippen LogP contribution in [0.1, 0.15) is 48.6 Å². The van der Waals surface area contributed by atoms with Crippen LogP contribution in [-0.4, -0.2) is 32.7 Å². The van der Waals surface area contributed by atoms with Crippen LogP contribution in [0, 0.1) is 11.3 Å². The number of nitriles is 1. The molecule has 1 aliphatic heterocycles. The van der Waals surface area contributed by atoms with E-state index < -0.39 is 0 Å². The maximum atomic E-state index is 9.44. The fourth-order valence-electron chi connectivity index (χ4n) is 4.62. The van der Waals surface area contributed by atoms with Gasteiger partial charge in [0.05, 0.1) is 17.3 Å². The van der Waals surface area contributed by atoms with Gasteiger partial charge < -0.3 is 4.90 Å². The monoisotopic (exact) mass is 422 g/mol. The van der Waals surface area contributed by atoms with Crippen LogP contribution in [0.3, 0.4) is 0 Å². The van der Waals surface area contributed by atoms with Gasteiger partial charge in [-0.1, -0.05) is 55.8 Å². The first-order chi connectivity index (χ1) is 15.8. The third-order valence-corrected chi connectivity index (χ3v) is 6.20. The van der Waals surface area contributed by atoms with Crippen molar-refractivity contribution in [1.29, 1.82) is 5.26 Å². The van der Waals surface area contributed by atoms with Crippen molar-refractivity contribution in [3.63, 3.8) is 0 Å². The molecule has 4 aromatic rings. The third kappa shape index (κ3) is 3.71. The number of anilines is 1. The molecule has 0 saturated carbocycles. The molecular formula is C26H26N6. The van der Waals surface area contributed by atoms with E-state index in [9.17, 15) is 5.26 Å². The molecule has 160 valence electrons. The minimum Gasteiger partial charge on any atom is -0.356 e. The quantitative estimate of drug-likeness (QED) is 0.446. The summed E-state index contributed by atoms with van der Waals surface area (Å²) in [6.07, 6.45) is 6.77. The van der Waals surface area contributed by atoms with E-state index in [1.807, 2.05) is 28.8 Å². The van der Waals surface area contributed by atoms with Crippen molar-refractivity contribution in [3.05, 3.63) is 77.2 Å². The van der Waals surface area contributed by atoms with E-state index in [0.717, 1.165) is 49.3 Å². The predicted molar refractivity (Wildman–Crippen MR) is 126 cm³/mol. The molecule has 6 nitrogen and oxygen atoms in total. The first-order valence-corrected chi connectivity index (χ1v) is 11.3. The Morgan fingerprint density at radius 2 is 1.81 bits per heavy atom. The van der Waals surface area contributed by atoms with Gasteiger partial charge in [-0.2, -0.15) is 20.3 Å². The van der Waals surface area contributed by atoms with Gasteiger partial charge in [-0.05, 0) is 42.0 Å². The summed E-state index contributed by atoms with van der Waals surface area (Å²) in [4.78, 5) is 11.7. The second-order valence-electron chi connectivity index (χ2n) is 8.31. The van der Waals surface area contributed by atoms with Crippen LogP contribution < -0.4 is 4.90 Å². The van der Waals surface area contributed by atoms with Crippen molar-refractivity contribution in [2.24, 2.45) is 0 Å². The highest BCUT2D eigenvalue weighted by molar-refractivity contribution is 5.70. The molecule has 0 bridgehead atoms. The summed E-state index contributed by atoms with van der Waals surface area (Å²) in [7, 11) is 0. The molecule has 1 aliphatic rings. The van der Waals surface area contributed by atoms with Crippen molar-refractivity contribution >= 4 is 11.6 Å². The maximum absolute atomic E-state index is 9.44. The van der Waals surface area contributed by atoms with Gasteiger partial charge >= 0.3 is 0 Å². The molecule has 0 N–H and O–H groups in total. The van der Waals surface area contributed by atoms with Gasteiger partial charge in [0.1, 0.15) is 12.1 Å². The number of nitrogens with zero attached hydrogens (tertiary/aromatic N) is 6. The van der Waals surface area contributed by atoms with E-state index in [1.165, 1.54) is 29.7 Å². The number of benzene rings is 2. The molecule has 0 unspecified atom stereocenters. The average molecular weight is 423 g/mol. The lowest BCUT2D eigenvalue weighted by molar-refractivity contribution is 0.768. The van der Waals surface area contributed by atoms with Gasteiger partial charge in [-0.15, -0.1) is 0 Å². The summed E-state index contributed by atoms with van der Waals surface area (Å²) in [5.41, 5.74) is 6.40. The minimum absolute atomic E-state index is 0.683. The second kappa shape index (κ2) is 8.80. The Hall–Kier alpha value is -3.72. The largest absolute Gasteiger partial charge is 0.356 e. The van der Waals surface area contributed by atoms with E-state index in [-0.39, 0.29) is 0 Å². The molecule has 3 heterocycles. The summed E-state index contributed by atoms with van der Waals surface area (Å²) in [5, 5.41) is 13.9. The summed E-state index contributed by atoms with van der Waals surface area (Å²) in [6, 6.07) is 18.6. The average Bonchev–Trinajstić information content (AvgIpc) is 3.53. The van der Waals surface area contributed by atoms with E-state index in [4.69, 9.17) is 4.98 Å². The van der Waals surface area contributed by atoms with Crippen LogP contribution in [0.15, 0.2) is 54.9 Å². The number of hydrogen-bond acceptors (Lipinski definition) is 5. The van der Waals surface area contributed by atoms with Crippen molar-refractivity contribution in [2.45, 2.75) is 39.0 Å². The van der Waals surface area contributed by atoms with E-state index in [1.54, 1.807) is 6.33 Å². The molecule has 0 aliphatic carbocycles. The summed E-state index contributed by atoms with van der Waals surface area (Å²) in [6.45, 7) is 4.28. The Morgan fingerprint density at radius 3 is 2.56 bits per heavy atom. The molecule has 6 heteroatoms. The molecule has 0 radical (unpaired) electrons. The van der Waals surface area contributed by atoms with Gasteiger partial charge in [0.15, 0.2) is 0 Å². The lowest BCUT2D eigenvalue weighted by atomic mass is 9.96. The number of rotatable bonds is 6. The normalized spacial score (nSPS) is 13.6. The second-order valence-corrected chi connectivity index (χ2v) is 8.31. The fourth-order valence-corrected chi connectivity index (χ4v) is 4.62. The van der Waals surface area contributed by atoms with E-state index >= 15 is 0 Å². The first-order valence-electron chi connectivity index (χ1n) is 11.3. The van der Waals surface area contributed by atoms with E-state index in [0.29, 0.717) is 11.3 Å². The van der Waals surface area contributed by atoms with Crippen LogP contribution >= 0.6 is 0 Å². The molecule has 2 aromatic carbocycles. The van der Waals surface area contributed by atoms with Crippen LogP contribution in [0.25, 0.3) is 16.9 Å². The molecule has 0 spiro atoms. The molecule has 0 amide bonds. The Bertz CT molecular complexity index is 1280. The smallest absolute Gasteiger partial charge is 0.254 e. The standard InChI is InChI=1S/C26H26N6/c1-2-7-24-23(25(31-14-5-6-15-31)30-26-28-18-29-32(24)26)16-19-10-12-20(13-11-19)22-9-4-3-8-21(22)17-27/h3-4,8-13,18H,2,5-7,14-16H2,1H3. The van der Waals surface area contributed by atoms with Crippen molar-refractivity contribution < 1.29 is 0 Å². The van der Waals surface area contributed by atoms with Crippen LogP contribution in [0.4, 0.5) is 5.82 Å². The molecule has 2 aromatic heterocycles. The highest BCUT2D eigenvalue weighted by Gasteiger charge is 2.23. The van der Waals surface area contributed by atoms with E-state index in [2.05, 4.69) is 52.2 Å². The van der Waals surface area contributed by atoms with Crippen molar-refractivity contribution in [1.82, 2.24) is 19.6 Å². The molecule has 5 rings (SSSR count). The highest BCUT2D eigenvalue weighted by Crippen LogP contribution is 2.30. The lowest BCUT2D eigenvalue weighted by Crippen LogP contribution is -2.23. The summed E-state index contributed by atoms with van der Waals surface area (Å²) in [5.74, 6) is 1.74. The Morgan fingerprint density at radius 1 is 1.03 bits per heavy atom. The minimum atomic E-state index is 0.683. The Kier molecular flexibility index (Phi) is 5.55. The van der Waals surface area contributed by atoms with Crippen molar-refractivity contribution in [3.8, 4) is 17.2 Å². The predicted octanol–water partition coefficient (Wildman–Crippen LogP) is 4.81. The first kappa shape index (κ1) is 20.2. The molecule has 32 heavy (non-hydrogen) atoms. The number of fused-ring (bicyclic) bond motifs is 1. The Balaban J connectivity index is 1.55. The molecule has 1 fully saturated rings. The zero-order chi connectivity index (χ0) is 21.9. The number of hydrogen-bond donors (Lipinski definition) is 0. The van der Waals surface area contributed by atoms with Gasteiger partial charge in [0, 0.05) is 25.1 Å². The van der Waals surface area contributed by atoms with Gasteiger partial charge in [0.25, 0.3) is 5.78 Å². The van der Waals surface area contributed by atoms with Gasteiger partial charge in [0.2, 0.25) is 0 Å². The maximum Gasteiger partial charge on any atom is 0.254 e. The molecule has 1 saturated heterocycles. The van der Waals surface area contributed by atoms with Gasteiger partial charge in [-0.25, -0.2) is 4.52 Å². The third-order valence-electron chi connectivity index (χ3n) is 6.20. The number of aryl methyl sites for hydroxylation is 1. The molecule has 0 atom stereocenters.